The Bertz CT molecular complexity index is 557. The number of carbonyl (C=O) groups excluding carboxylic acids is 1. The Labute approximate surface area is 109 Å². The van der Waals surface area contributed by atoms with Crippen LogP contribution in [0, 0.1) is 5.82 Å². The van der Waals surface area contributed by atoms with Crippen molar-refractivity contribution in [3.63, 3.8) is 0 Å². The molecule has 0 unspecified atom stereocenters. The zero-order valence-electron chi connectivity index (χ0n) is 9.39. The molecule has 0 radical (unpaired) electrons. The van der Waals surface area contributed by atoms with Gasteiger partial charge in [-0.1, -0.05) is 17.3 Å². The number of hydrogen-bond donors (Lipinski definition) is 2. The molecule has 1 amide bonds. The Hall–Kier alpha value is -1.82. The maximum Gasteiger partial charge on any atom is 0.289 e. The molecule has 0 bridgehead atoms. The van der Waals surface area contributed by atoms with Crippen molar-refractivity contribution >= 4 is 18.5 Å². The summed E-state index contributed by atoms with van der Waals surface area (Å²) in [6.07, 6.45) is 0. The molecule has 4 nitrogen and oxygen atoms in total. The van der Waals surface area contributed by atoms with Crippen LogP contribution in [-0.4, -0.2) is 23.4 Å². The van der Waals surface area contributed by atoms with Crippen molar-refractivity contribution in [1.29, 1.82) is 0 Å². The maximum atomic E-state index is 13.5. The average molecular weight is 266 g/mol. The summed E-state index contributed by atoms with van der Waals surface area (Å²) in [5.41, 5.74) is 0.596. The molecule has 2 rings (SSSR count). The third-order valence-corrected chi connectivity index (χ3v) is 2.50. The number of nitrogens with one attached hydrogen (secondary N) is 1. The second-order valence-electron chi connectivity index (χ2n) is 3.54. The SMILES string of the molecule is O=C(NCCS)c1cc(-c2ccccc2F)no1. The van der Waals surface area contributed by atoms with E-state index in [-0.39, 0.29) is 11.7 Å². The van der Waals surface area contributed by atoms with Crippen molar-refractivity contribution in [3.8, 4) is 11.3 Å². The molecule has 1 aromatic carbocycles. The van der Waals surface area contributed by atoms with Gasteiger partial charge in [0.15, 0.2) is 0 Å². The van der Waals surface area contributed by atoms with Gasteiger partial charge in [-0.3, -0.25) is 4.79 Å². The summed E-state index contributed by atoms with van der Waals surface area (Å²) in [6, 6.07) is 7.58. The third kappa shape index (κ3) is 2.70. The predicted molar refractivity (Wildman–Crippen MR) is 68.1 cm³/mol. The molecule has 1 heterocycles. The van der Waals surface area contributed by atoms with E-state index >= 15 is 0 Å². The first-order valence-electron chi connectivity index (χ1n) is 5.33. The molecule has 0 spiro atoms. The van der Waals surface area contributed by atoms with E-state index in [2.05, 4.69) is 23.1 Å². The van der Waals surface area contributed by atoms with Gasteiger partial charge in [-0.2, -0.15) is 12.6 Å². The van der Waals surface area contributed by atoms with Gasteiger partial charge in [-0.25, -0.2) is 4.39 Å². The van der Waals surface area contributed by atoms with Crippen molar-refractivity contribution in [2.75, 3.05) is 12.3 Å². The van der Waals surface area contributed by atoms with Crippen LogP contribution in [0.4, 0.5) is 4.39 Å². The number of nitrogens with zero attached hydrogens (tertiary/aromatic N) is 1. The highest BCUT2D eigenvalue weighted by atomic mass is 32.1. The first-order valence-corrected chi connectivity index (χ1v) is 5.96. The Balaban J connectivity index is 2.21. The lowest BCUT2D eigenvalue weighted by Crippen LogP contribution is -2.24. The summed E-state index contributed by atoms with van der Waals surface area (Å²) in [5, 5.41) is 6.27. The molecule has 0 saturated heterocycles. The van der Waals surface area contributed by atoms with Crippen molar-refractivity contribution < 1.29 is 13.7 Å². The highest BCUT2D eigenvalue weighted by Gasteiger charge is 2.15. The molecule has 18 heavy (non-hydrogen) atoms. The van der Waals surface area contributed by atoms with E-state index in [4.69, 9.17) is 4.52 Å². The number of thiol groups is 1. The fourth-order valence-corrected chi connectivity index (χ4v) is 1.55. The molecule has 94 valence electrons. The smallest absolute Gasteiger partial charge is 0.289 e. The summed E-state index contributed by atoms with van der Waals surface area (Å²) in [4.78, 5) is 11.6. The van der Waals surface area contributed by atoms with Crippen LogP contribution in [-0.2, 0) is 0 Å². The Morgan fingerprint density at radius 3 is 2.94 bits per heavy atom. The standard InChI is InChI=1S/C12H11FN2O2S/c13-9-4-2-1-3-8(9)10-7-11(17-15-10)12(16)14-5-6-18/h1-4,7,18H,5-6H2,(H,14,16). The van der Waals surface area contributed by atoms with E-state index in [9.17, 15) is 9.18 Å². The van der Waals surface area contributed by atoms with Crippen molar-refractivity contribution in [1.82, 2.24) is 10.5 Å². The van der Waals surface area contributed by atoms with E-state index in [1.165, 1.54) is 12.1 Å². The zero-order valence-corrected chi connectivity index (χ0v) is 10.3. The van der Waals surface area contributed by atoms with Gasteiger partial charge in [0.1, 0.15) is 11.5 Å². The molecule has 0 aliphatic rings. The fourth-order valence-electron chi connectivity index (χ4n) is 1.43. The number of carbonyl (C=O) groups is 1. The van der Waals surface area contributed by atoms with E-state index in [1.54, 1.807) is 18.2 Å². The second kappa shape index (κ2) is 5.68. The minimum Gasteiger partial charge on any atom is -0.350 e. The fraction of sp³-hybridized carbons (Fsp3) is 0.167. The lowest BCUT2D eigenvalue weighted by Gasteiger charge is -1.97. The minimum atomic E-state index is -0.409. The highest BCUT2D eigenvalue weighted by molar-refractivity contribution is 7.80. The number of benzene rings is 1. The molecule has 0 aliphatic carbocycles. The maximum absolute atomic E-state index is 13.5. The topological polar surface area (TPSA) is 55.1 Å². The van der Waals surface area contributed by atoms with Crippen LogP contribution in [0.2, 0.25) is 0 Å². The van der Waals surface area contributed by atoms with E-state index < -0.39 is 5.82 Å². The highest BCUT2D eigenvalue weighted by Crippen LogP contribution is 2.21. The summed E-state index contributed by atoms with van der Waals surface area (Å²) in [6.45, 7) is 0.428. The largest absolute Gasteiger partial charge is 0.350 e. The summed E-state index contributed by atoms with van der Waals surface area (Å²) < 4.78 is 18.4. The molecule has 0 saturated carbocycles. The molecular formula is C12H11FN2O2S. The molecule has 0 aliphatic heterocycles. The number of hydrogen-bond acceptors (Lipinski definition) is 4. The zero-order chi connectivity index (χ0) is 13.0. The third-order valence-electron chi connectivity index (χ3n) is 2.28. The Morgan fingerprint density at radius 1 is 1.44 bits per heavy atom. The average Bonchev–Trinajstić information content (AvgIpc) is 2.86. The molecule has 2 aromatic rings. The van der Waals surface area contributed by atoms with Gasteiger partial charge in [0, 0.05) is 23.9 Å². The number of rotatable bonds is 4. The van der Waals surface area contributed by atoms with Crippen LogP contribution in [0.25, 0.3) is 11.3 Å². The normalized spacial score (nSPS) is 10.3. The number of halogens is 1. The summed E-state index contributed by atoms with van der Waals surface area (Å²) >= 11 is 3.97. The second-order valence-corrected chi connectivity index (χ2v) is 3.98. The lowest BCUT2D eigenvalue weighted by molar-refractivity contribution is 0.0919. The van der Waals surface area contributed by atoms with Crippen LogP contribution >= 0.6 is 12.6 Å². The first kappa shape index (κ1) is 12.6. The summed E-state index contributed by atoms with van der Waals surface area (Å²) in [5.74, 6) is -0.220. The van der Waals surface area contributed by atoms with Gasteiger partial charge in [0.05, 0.1) is 0 Å². The summed E-state index contributed by atoms with van der Waals surface area (Å²) in [7, 11) is 0. The molecule has 1 N–H and O–H groups in total. The monoisotopic (exact) mass is 266 g/mol. The minimum absolute atomic E-state index is 0.0510. The van der Waals surface area contributed by atoms with Crippen molar-refractivity contribution in [3.05, 3.63) is 41.9 Å². The van der Waals surface area contributed by atoms with Crippen LogP contribution in [0.15, 0.2) is 34.9 Å². The molecule has 0 atom stereocenters. The lowest BCUT2D eigenvalue weighted by atomic mass is 10.1. The predicted octanol–water partition coefficient (Wildman–Crippen LogP) is 2.14. The first-order chi connectivity index (χ1) is 8.72. The molecule has 6 heteroatoms. The Kier molecular flexibility index (Phi) is 3.99. The van der Waals surface area contributed by atoms with Crippen molar-refractivity contribution in [2.24, 2.45) is 0 Å². The Morgan fingerprint density at radius 2 is 2.22 bits per heavy atom. The quantitative estimate of drug-likeness (QED) is 0.834. The van der Waals surface area contributed by atoms with Crippen LogP contribution < -0.4 is 5.32 Å². The van der Waals surface area contributed by atoms with Gasteiger partial charge in [-0.15, -0.1) is 0 Å². The number of aromatic nitrogens is 1. The van der Waals surface area contributed by atoms with Gasteiger partial charge >= 0.3 is 0 Å². The van der Waals surface area contributed by atoms with Gasteiger partial charge in [0.2, 0.25) is 5.76 Å². The van der Waals surface area contributed by atoms with Crippen molar-refractivity contribution in [2.45, 2.75) is 0 Å². The van der Waals surface area contributed by atoms with E-state index in [0.717, 1.165) is 0 Å². The van der Waals surface area contributed by atoms with Gasteiger partial charge in [0.25, 0.3) is 5.91 Å². The van der Waals surface area contributed by atoms with Crippen LogP contribution in [0.3, 0.4) is 0 Å². The molecular weight excluding hydrogens is 255 g/mol. The van der Waals surface area contributed by atoms with E-state index in [1.807, 2.05) is 0 Å². The van der Waals surface area contributed by atoms with E-state index in [0.29, 0.717) is 23.6 Å². The number of amides is 1. The molecule has 1 aromatic heterocycles. The van der Waals surface area contributed by atoms with Crippen LogP contribution in [0.1, 0.15) is 10.6 Å². The molecule has 0 fully saturated rings. The van der Waals surface area contributed by atoms with Gasteiger partial charge < -0.3 is 9.84 Å². The van der Waals surface area contributed by atoms with Gasteiger partial charge in [-0.05, 0) is 12.1 Å². The van der Waals surface area contributed by atoms with Crippen LogP contribution in [0.5, 0.6) is 0 Å².